The third kappa shape index (κ3) is 19.3. The molecular weight excluding hydrogens is 1540 g/mol. The van der Waals surface area contributed by atoms with Crippen LogP contribution in [0.2, 0.25) is 0 Å². The molecule has 0 amide bonds. The molecule has 44 nitrogen and oxygen atoms in total. The molecular formula is C59H76FN9O35P4. The fourth-order valence-electron chi connectivity index (χ4n) is 12.8. The molecule has 108 heavy (non-hydrogen) atoms. The van der Waals surface area contributed by atoms with E-state index in [1.54, 1.807) is 18.2 Å². The van der Waals surface area contributed by atoms with Gasteiger partial charge < -0.3 is 71.8 Å². The molecule has 1 aromatic carbocycles. The second-order valence-corrected chi connectivity index (χ2v) is 30.4. The fourth-order valence-corrected chi connectivity index (χ4v) is 16.5. The minimum absolute atomic E-state index is 0.125. The van der Waals surface area contributed by atoms with Gasteiger partial charge in [0.2, 0.25) is 0 Å². The van der Waals surface area contributed by atoms with Crippen LogP contribution in [0.15, 0.2) is 116 Å². The van der Waals surface area contributed by atoms with Crippen LogP contribution in [0.25, 0.3) is 11.3 Å². The van der Waals surface area contributed by atoms with Gasteiger partial charge in [0.25, 0.3) is 22.2 Å². The van der Waals surface area contributed by atoms with Gasteiger partial charge in [-0.3, -0.25) is 93.6 Å². The van der Waals surface area contributed by atoms with Crippen LogP contribution in [0.3, 0.4) is 0 Å². The zero-order valence-corrected chi connectivity index (χ0v) is 60.9. The van der Waals surface area contributed by atoms with E-state index in [0.717, 1.165) is 121 Å². The predicted octanol–water partition coefficient (Wildman–Crippen LogP) is 0.287. The van der Waals surface area contributed by atoms with Gasteiger partial charge in [0.15, 0.2) is 30.7 Å². The summed E-state index contributed by atoms with van der Waals surface area (Å²) < 4.78 is 175. The first-order valence-corrected chi connectivity index (χ1v) is 39.0. The highest BCUT2D eigenvalue weighted by Gasteiger charge is 2.56. The molecule has 21 atom stereocenters. The third-order valence-corrected chi connectivity index (χ3v) is 21.8. The van der Waals surface area contributed by atoms with Gasteiger partial charge in [0.1, 0.15) is 90.9 Å². The molecule has 9 heterocycles. The van der Waals surface area contributed by atoms with E-state index in [1.807, 2.05) is 19.9 Å². The van der Waals surface area contributed by atoms with Crippen molar-refractivity contribution >= 4 is 31.3 Å². The lowest BCUT2D eigenvalue weighted by Crippen LogP contribution is -2.41. The number of unbranched alkanes of at least 4 members (excludes halogenated alkanes) is 1. The SMILES string of the molecule is CO[C@@H]1[C@H](O)[C@@H](COP(=O)(O)O[C@H]2[C@@H](OC)[C@H](n3ccc(=O)[nH]c3=O)O[C@@H]2COP(=O)(O)O[C@H]2[C@@H](OC)[C@H](n3ccc(=O)[nH]c3=O)O[C@@H]2COP(=O)(O)O[C@H]2[C@@H](OC)[C@H](n3ccc(=O)[nH]c3=O)O[C@@H]2COP(=O)(O)OCCCCOC2CCCCCc3c(-c4ccccc4F)noc32)O[C@H]1n1ccc(=O)[nH]c1=O. The van der Waals surface area contributed by atoms with Gasteiger partial charge in [-0.15, -0.1) is 0 Å². The number of aromatic nitrogens is 9. The molecule has 4 fully saturated rings. The number of fused-ring (bicyclic) bond motifs is 1. The highest BCUT2D eigenvalue weighted by molar-refractivity contribution is 7.48. The number of ether oxygens (including phenoxy) is 9. The van der Waals surface area contributed by atoms with Crippen molar-refractivity contribution in [2.45, 2.75) is 149 Å². The van der Waals surface area contributed by atoms with Crippen LogP contribution in [-0.4, -0.2) is 209 Å². The maximum Gasteiger partial charge on any atom is 0.472 e. The largest absolute Gasteiger partial charge is 0.472 e. The zero-order valence-electron chi connectivity index (χ0n) is 57.3. The molecule has 0 bridgehead atoms. The number of nitrogens with zero attached hydrogens (tertiary/aromatic N) is 5. The second-order valence-electron chi connectivity index (χ2n) is 24.7. The van der Waals surface area contributed by atoms with Gasteiger partial charge in [-0.2, -0.15) is 0 Å². The monoisotopic (exact) mass is 1610 g/mol. The van der Waals surface area contributed by atoms with Crippen LogP contribution < -0.4 is 45.0 Å². The van der Waals surface area contributed by atoms with Crippen LogP contribution in [0.5, 0.6) is 0 Å². The van der Waals surface area contributed by atoms with Gasteiger partial charge in [0.05, 0.1) is 33.0 Å². The lowest BCUT2D eigenvalue weighted by atomic mass is 9.93. The Bertz CT molecular complexity index is 4830. The Hall–Kier alpha value is -6.88. The number of nitrogens with one attached hydrogen (secondary N) is 4. The molecule has 5 aliphatic rings. The van der Waals surface area contributed by atoms with Crippen LogP contribution in [0.1, 0.15) is 80.9 Å². The summed E-state index contributed by atoms with van der Waals surface area (Å²) in [5.74, 6) is 0.0141. The van der Waals surface area contributed by atoms with E-state index in [2.05, 4.69) is 5.16 Å². The number of H-pyrrole nitrogens is 4. The highest BCUT2D eigenvalue weighted by atomic mass is 31.2. The summed E-state index contributed by atoms with van der Waals surface area (Å²) in [4.78, 5) is 154. The lowest BCUT2D eigenvalue weighted by molar-refractivity contribution is -0.0679. The van der Waals surface area contributed by atoms with Crippen LogP contribution >= 0.6 is 31.3 Å². The van der Waals surface area contributed by atoms with Crippen molar-refractivity contribution in [2.24, 2.45) is 0 Å². The van der Waals surface area contributed by atoms with Crippen molar-refractivity contribution in [3.05, 3.63) is 174 Å². The topological polar surface area (TPSA) is 572 Å². The Balaban J connectivity index is 0.771. The van der Waals surface area contributed by atoms with Crippen LogP contribution in [-0.2, 0) is 104 Å². The Morgan fingerprint density at radius 1 is 0.481 bits per heavy atom. The van der Waals surface area contributed by atoms with Gasteiger partial charge in [-0.1, -0.05) is 30.1 Å². The molecule has 1 aliphatic carbocycles. The summed E-state index contributed by atoms with van der Waals surface area (Å²) in [5.41, 5.74) is -6.33. The number of aliphatic hydroxyl groups is 1. The maximum absolute atomic E-state index is 14.8. The van der Waals surface area contributed by atoms with E-state index in [9.17, 15) is 85.7 Å². The molecule has 49 heteroatoms. The summed E-state index contributed by atoms with van der Waals surface area (Å²) in [5, 5.41) is 15.3. The maximum atomic E-state index is 14.8. The average molecular weight is 1610 g/mol. The van der Waals surface area contributed by atoms with Gasteiger partial charge in [-0.25, -0.2) is 41.8 Å². The number of rotatable bonds is 34. The summed E-state index contributed by atoms with van der Waals surface area (Å²) in [6.07, 6.45) is -20.5. The normalized spacial score (nSPS) is 29.6. The molecule has 0 saturated carbocycles. The van der Waals surface area contributed by atoms with Crippen molar-refractivity contribution in [3.63, 3.8) is 0 Å². The molecule has 0 radical (unpaired) electrons. The van der Waals surface area contributed by atoms with E-state index in [1.165, 1.54) is 6.07 Å². The molecule has 4 saturated heterocycles. The number of aliphatic hydroxyl groups excluding tert-OH is 1. The Labute approximate surface area is 605 Å². The summed E-state index contributed by atoms with van der Waals surface area (Å²) in [7, 11) is -17.9. The molecule has 5 unspecified atom stereocenters. The summed E-state index contributed by atoms with van der Waals surface area (Å²) in [6.45, 7) is -4.74. The molecule has 0 spiro atoms. The number of hydrogen-bond donors (Lipinski definition) is 9. The molecule has 6 aromatic rings. The third-order valence-electron chi connectivity index (χ3n) is 17.9. The highest BCUT2D eigenvalue weighted by Crippen LogP contribution is 2.55. The number of halogens is 1. The van der Waals surface area contributed by atoms with Crippen molar-refractivity contribution in [1.29, 1.82) is 0 Å². The number of benzene rings is 1. The van der Waals surface area contributed by atoms with Crippen molar-refractivity contribution in [2.75, 3.05) is 68.1 Å². The van der Waals surface area contributed by atoms with E-state index >= 15 is 0 Å². The smallest absolute Gasteiger partial charge is 0.387 e. The Morgan fingerprint density at radius 2 is 0.861 bits per heavy atom. The van der Waals surface area contributed by atoms with E-state index < -0.39 is 213 Å². The minimum Gasteiger partial charge on any atom is -0.387 e. The molecule has 5 aromatic heterocycles. The van der Waals surface area contributed by atoms with Gasteiger partial charge in [0, 0.05) is 95.2 Å². The fraction of sp³-hybridized carbons (Fsp3) is 0.576. The number of hydrogen-bond acceptors (Lipinski definition) is 32. The molecule has 4 aliphatic heterocycles. The molecule has 11 rings (SSSR count). The molecule has 9 N–H and O–H groups in total. The van der Waals surface area contributed by atoms with Crippen LogP contribution in [0, 0.1) is 5.82 Å². The number of phosphoric acid groups is 4. The first kappa shape index (κ1) is 82.1. The lowest BCUT2D eigenvalue weighted by Gasteiger charge is -2.28. The predicted molar refractivity (Wildman–Crippen MR) is 356 cm³/mol. The average Bonchev–Trinajstić information content (AvgIpc) is 1.64. The second kappa shape index (κ2) is 35.2. The number of methoxy groups -OCH3 is 4. The standard InChI is InChI=1S/C59H76FN9O35P4/c1-87-48-43(74)34(97-52(48)66-20-16-38(70)61-56(66)75)26-94-106(81,82)102-46-36(99-54(50(46)89-3)68-22-18-40(72)63-58(68)77)28-96-108(85,86)104-47-37(100-55(51(47)90-4)69-23-19-41(73)64-59(69)78)29-95-107(83,84)103-45-35(98-53(49(45)88-2)67-21-17-39(71)62-57(67)76)27-93-105(79,80)92-25-11-10-24-91-33-15-7-5-6-13-31-42(65-101-44(31)33)30-12-8-9-14-32(30)60/h8-9,12,14,16-23,33-37,43,45-55,74H,5-7,10-11,13,15,24-29H2,1-4H3,(H,79,80)(H,81,82)(H,83,84)(H,85,86)(H,61,70,75)(H,62,71,76)(H,63,72,77)(H,64,73,78)/t33?,34-,35-,36-,37-,43-,45-,46-,47-,48-,49-,50-,51-,52-,53-,54-,55-/m1/s1. The van der Waals surface area contributed by atoms with Crippen molar-refractivity contribution in [3.8, 4) is 11.3 Å². The quantitative estimate of drug-likeness (QED) is 0.0194. The minimum atomic E-state index is -5.78. The number of aromatic amines is 4. The van der Waals surface area contributed by atoms with Gasteiger partial charge >= 0.3 is 54.0 Å². The zero-order chi connectivity index (χ0) is 77.6. The van der Waals surface area contributed by atoms with E-state index in [0.29, 0.717) is 29.9 Å². The van der Waals surface area contributed by atoms with E-state index in [-0.39, 0.29) is 26.1 Å². The van der Waals surface area contributed by atoms with Gasteiger partial charge in [-0.05, 0) is 44.2 Å². The summed E-state index contributed by atoms with van der Waals surface area (Å²) in [6, 6.07) is 9.83. The van der Waals surface area contributed by atoms with Crippen molar-refractivity contribution in [1.82, 2.24) is 43.4 Å². The summed E-state index contributed by atoms with van der Waals surface area (Å²) >= 11 is 0. The number of phosphoric ester groups is 4. The Kier molecular flexibility index (Phi) is 26.8. The van der Waals surface area contributed by atoms with Crippen LogP contribution in [0.4, 0.5) is 4.39 Å². The first-order valence-electron chi connectivity index (χ1n) is 33.0. The van der Waals surface area contributed by atoms with Crippen molar-refractivity contribution < 1.29 is 131 Å². The Morgan fingerprint density at radius 3 is 1.27 bits per heavy atom. The first-order chi connectivity index (χ1) is 51.4. The van der Waals surface area contributed by atoms with E-state index in [4.69, 9.17) is 83.3 Å². The molecule has 594 valence electrons.